The van der Waals surface area contributed by atoms with Gasteiger partial charge >= 0.3 is 6.09 Å². The second kappa shape index (κ2) is 6.34. The molecular weight excluding hydrogens is 278 g/mol. The van der Waals surface area contributed by atoms with Crippen LogP contribution in [0.25, 0.3) is 0 Å². The summed E-state index contributed by atoms with van der Waals surface area (Å²) in [5.41, 5.74) is 2.70. The third-order valence-electron chi connectivity index (χ3n) is 4.43. The first-order valence-corrected chi connectivity index (χ1v) is 7.91. The Hall–Kier alpha value is -2.10. The first kappa shape index (κ1) is 14.8. The van der Waals surface area contributed by atoms with Gasteiger partial charge in [0.25, 0.3) is 0 Å². The molecular formula is C18H21NO3. The number of benzene rings is 1. The second-order valence-electron chi connectivity index (χ2n) is 6.05. The zero-order chi connectivity index (χ0) is 15.5. The predicted molar refractivity (Wildman–Crippen MR) is 83.0 cm³/mol. The van der Waals surface area contributed by atoms with Crippen molar-refractivity contribution in [2.75, 3.05) is 6.54 Å². The van der Waals surface area contributed by atoms with Gasteiger partial charge in [-0.2, -0.15) is 0 Å². The van der Waals surface area contributed by atoms with E-state index in [0.29, 0.717) is 18.7 Å². The fourth-order valence-electron chi connectivity index (χ4n) is 3.28. The summed E-state index contributed by atoms with van der Waals surface area (Å²) in [5, 5.41) is 0. The Balaban J connectivity index is 1.74. The molecule has 1 aliphatic carbocycles. The number of Topliss-reactive ketones (excluding diaryl/α,β-unsaturated/α-hetero) is 1. The van der Waals surface area contributed by atoms with Crippen LogP contribution in [0.1, 0.15) is 38.2 Å². The lowest BCUT2D eigenvalue weighted by atomic mass is 9.99. The van der Waals surface area contributed by atoms with Crippen LogP contribution in [-0.4, -0.2) is 23.3 Å². The summed E-state index contributed by atoms with van der Waals surface area (Å²) in [6.07, 6.45) is 2.98. The quantitative estimate of drug-likeness (QED) is 0.837. The van der Waals surface area contributed by atoms with Gasteiger partial charge in [0.1, 0.15) is 6.61 Å². The summed E-state index contributed by atoms with van der Waals surface area (Å²) >= 11 is 0. The standard InChI is InChI=1S/C18H21NO3/c1-13-11-16(20)17-15(13)9-5-6-10-19(17)18(21)22-12-14-7-3-2-4-8-14/h2-4,7-8,13H,5-6,9-12H2,1H3. The lowest BCUT2D eigenvalue weighted by molar-refractivity contribution is -0.116. The Morgan fingerprint density at radius 2 is 2.05 bits per heavy atom. The Morgan fingerprint density at radius 1 is 1.27 bits per heavy atom. The number of ether oxygens (including phenoxy) is 1. The van der Waals surface area contributed by atoms with Crippen LogP contribution < -0.4 is 0 Å². The molecule has 116 valence electrons. The van der Waals surface area contributed by atoms with E-state index in [1.807, 2.05) is 30.3 Å². The third kappa shape index (κ3) is 2.91. The second-order valence-corrected chi connectivity index (χ2v) is 6.05. The summed E-state index contributed by atoms with van der Waals surface area (Å²) in [4.78, 5) is 26.3. The van der Waals surface area contributed by atoms with Gasteiger partial charge in [-0.3, -0.25) is 9.69 Å². The lowest BCUT2D eigenvalue weighted by Crippen LogP contribution is -2.33. The molecule has 1 atom stereocenters. The van der Waals surface area contributed by atoms with Crippen molar-refractivity contribution in [3.63, 3.8) is 0 Å². The maximum Gasteiger partial charge on any atom is 0.414 e. The molecule has 0 radical (unpaired) electrons. The highest BCUT2D eigenvalue weighted by molar-refractivity contribution is 6.01. The minimum Gasteiger partial charge on any atom is -0.444 e. The first-order chi connectivity index (χ1) is 10.7. The van der Waals surface area contributed by atoms with Crippen molar-refractivity contribution < 1.29 is 14.3 Å². The molecule has 0 fully saturated rings. The molecule has 3 rings (SSSR count). The van der Waals surface area contributed by atoms with E-state index in [1.165, 1.54) is 0 Å². The fourth-order valence-corrected chi connectivity index (χ4v) is 3.28. The number of hydrogen-bond acceptors (Lipinski definition) is 3. The molecule has 1 aromatic carbocycles. The lowest BCUT2D eigenvalue weighted by Gasteiger charge is -2.22. The van der Waals surface area contributed by atoms with E-state index < -0.39 is 6.09 Å². The zero-order valence-electron chi connectivity index (χ0n) is 12.9. The van der Waals surface area contributed by atoms with E-state index in [0.717, 1.165) is 30.4 Å². The van der Waals surface area contributed by atoms with Crippen LogP contribution >= 0.6 is 0 Å². The van der Waals surface area contributed by atoms with Crippen molar-refractivity contribution in [1.82, 2.24) is 4.90 Å². The fraction of sp³-hybridized carbons (Fsp3) is 0.444. The molecule has 1 aliphatic heterocycles. The Kier molecular flexibility index (Phi) is 4.27. The van der Waals surface area contributed by atoms with Crippen molar-refractivity contribution in [2.45, 2.75) is 39.2 Å². The number of hydrogen-bond donors (Lipinski definition) is 0. The molecule has 2 aliphatic rings. The Bertz CT molecular complexity index is 606. The molecule has 0 spiro atoms. The molecule has 4 heteroatoms. The van der Waals surface area contributed by atoms with Crippen LogP contribution in [-0.2, 0) is 16.1 Å². The van der Waals surface area contributed by atoms with Gasteiger partial charge in [-0.25, -0.2) is 4.79 Å². The van der Waals surface area contributed by atoms with Gasteiger partial charge in [-0.05, 0) is 36.3 Å². The molecule has 0 bridgehead atoms. The highest BCUT2D eigenvalue weighted by Gasteiger charge is 2.36. The van der Waals surface area contributed by atoms with Crippen molar-refractivity contribution >= 4 is 11.9 Å². The van der Waals surface area contributed by atoms with Crippen LogP contribution in [0.15, 0.2) is 41.6 Å². The van der Waals surface area contributed by atoms with Crippen molar-refractivity contribution in [2.24, 2.45) is 5.92 Å². The molecule has 22 heavy (non-hydrogen) atoms. The maximum atomic E-state index is 12.4. The highest BCUT2D eigenvalue weighted by atomic mass is 16.6. The van der Waals surface area contributed by atoms with Gasteiger partial charge in [0.05, 0.1) is 5.70 Å². The number of allylic oxidation sites excluding steroid dienone is 2. The minimum absolute atomic E-state index is 0.0843. The SMILES string of the molecule is CC1CC(=O)C2=C1CCCCN2C(=O)OCc1ccccc1. The maximum absolute atomic E-state index is 12.4. The van der Waals surface area contributed by atoms with Crippen molar-refractivity contribution in [3.05, 3.63) is 47.2 Å². The van der Waals surface area contributed by atoms with Gasteiger partial charge < -0.3 is 4.74 Å². The largest absolute Gasteiger partial charge is 0.444 e. The molecule has 1 unspecified atom stereocenters. The van der Waals surface area contributed by atoms with E-state index in [1.54, 1.807) is 4.90 Å². The monoisotopic (exact) mass is 299 g/mol. The normalized spacial score (nSPS) is 21.6. The summed E-state index contributed by atoms with van der Waals surface area (Å²) in [6.45, 7) is 2.88. The van der Waals surface area contributed by atoms with Crippen molar-refractivity contribution in [1.29, 1.82) is 0 Å². The van der Waals surface area contributed by atoms with E-state index in [9.17, 15) is 9.59 Å². The van der Waals surface area contributed by atoms with Crippen LogP contribution in [0.2, 0.25) is 0 Å². The zero-order valence-corrected chi connectivity index (χ0v) is 12.9. The van der Waals surface area contributed by atoms with E-state index in [-0.39, 0.29) is 18.3 Å². The number of carbonyl (C=O) groups excluding carboxylic acids is 2. The summed E-state index contributed by atoms with van der Waals surface area (Å²) in [5.74, 6) is 0.339. The molecule has 4 nitrogen and oxygen atoms in total. The van der Waals surface area contributed by atoms with E-state index >= 15 is 0 Å². The predicted octanol–water partition coefficient (Wildman–Crippen LogP) is 3.67. The minimum atomic E-state index is -0.402. The number of rotatable bonds is 2. The van der Waals surface area contributed by atoms with E-state index in [4.69, 9.17) is 4.74 Å². The average Bonchev–Trinajstić information content (AvgIpc) is 2.71. The smallest absolute Gasteiger partial charge is 0.414 e. The molecule has 1 heterocycles. The number of nitrogens with zero attached hydrogens (tertiary/aromatic N) is 1. The Morgan fingerprint density at radius 3 is 2.82 bits per heavy atom. The van der Waals surface area contributed by atoms with Gasteiger partial charge in [-0.1, -0.05) is 37.3 Å². The Labute approximate surface area is 130 Å². The van der Waals surface area contributed by atoms with Gasteiger partial charge in [0, 0.05) is 13.0 Å². The number of carbonyl (C=O) groups is 2. The van der Waals surface area contributed by atoms with Crippen LogP contribution in [0.3, 0.4) is 0 Å². The molecule has 0 saturated carbocycles. The number of amides is 1. The van der Waals surface area contributed by atoms with Gasteiger partial charge in [0.15, 0.2) is 5.78 Å². The molecule has 1 amide bonds. The molecule has 0 aromatic heterocycles. The van der Waals surface area contributed by atoms with Crippen LogP contribution in [0.4, 0.5) is 4.79 Å². The highest BCUT2D eigenvalue weighted by Crippen LogP contribution is 2.36. The molecule has 0 saturated heterocycles. The summed E-state index contributed by atoms with van der Waals surface area (Å²) in [6, 6.07) is 9.60. The molecule has 0 N–H and O–H groups in total. The summed E-state index contributed by atoms with van der Waals surface area (Å²) in [7, 11) is 0. The van der Waals surface area contributed by atoms with Crippen LogP contribution in [0.5, 0.6) is 0 Å². The molecule has 1 aromatic rings. The average molecular weight is 299 g/mol. The first-order valence-electron chi connectivity index (χ1n) is 7.91. The summed E-state index contributed by atoms with van der Waals surface area (Å²) < 4.78 is 5.42. The van der Waals surface area contributed by atoms with Crippen LogP contribution in [0, 0.1) is 5.92 Å². The topological polar surface area (TPSA) is 46.6 Å². The van der Waals surface area contributed by atoms with Crippen molar-refractivity contribution in [3.8, 4) is 0 Å². The van der Waals surface area contributed by atoms with Gasteiger partial charge in [0.2, 0.25) is 0 Å². The third-order valence-corrected chi connectivity index (χ3v) is 4.43. The van der Waals surface area contributed by atoms with Gasteiger partial charge in [-0.15, -0.1) is 0 Å². The van der Waals surface area contributed by atoms with E-state index in [2.05, 4.69) is 6.92 Å². The number of ketones is 1.